The third kappa shape index (κ3) is 13.1. The number of ketones is 4. The molecule has 8 bridgehead atoms. The third-order valence-corrected chi connectivity index (χ3v) is 12.4. The molecular formula is C44H40O16S4. The van der Waals surface area contributed by atoms with Crippen molar-refractivity contribution in [3.63, 3.8) is 0 Å². The minimum absolute atomic E-state index is 0.0351. The Balaban J connectivity index is 1.73. The highest BCUT2D eigenvalue weighted by Gasteiger charge is 2.27. The molecule has 0 spiro atoms. The maximum absolute atomic E-state index is 12.9. The van der Waals surface area contributed by atoms with E-state index in [9.17, 15) is 38.4 Å². The van der Waals surface area contributed by atoms with Crippen LogP contribution in [0.5, 0.6) is 23.0 Å². The van der Waals surface area contributed by atoms with Crippen molar-refractivity contribution in [2.45, 2.75) is 66.9 Å². The summed E-state index contributed by atoms with van der Waals surface area (Å²) in [6.45, 7) is 3.26. The van der Waals surface area contributed by atoms with E-state index < -0.39 is 73.4 Å². The van der Waals surface area contributed by atoms with Crippen molar-refractivity contribution >= 4 is 94.1 Å². The van der Waals surface area contributed by atoms with Crippen molar-refractivity contribution in [3.8, 4) is 23.0 Å². The number of esters is 4. The smallest absolute Gasteiger partial charge is 0.378 e. The van der Waals surface area contributed by atoms with Crippen molar-refractivity contribution in [3.05, 3.63) is 72.8 Å². The summed E-state index contributed by atoms with van der Waals surface area (Å²) in [5, 5.41) is 0. The Kier molecular flexibility index (Phi) is 18.5. The SMILES string of the molecule is CCOC(=O)C(=O)COc1c2cccc1Sc1cccc(c1OCC(=O)C(=O)OCC)Sc1cccc(c1OCC(=O)C(=O)OCC)Sc1cccc(c1OCC(=O)C(=O)OCC)S2. The second-order valence-corrected chi connectivity index (χ2v) is 16.8. The topological polar surface area (TPSA) is 210 Å². The molecule has 1 aliphatic rings. The maximum Gasteiger partial charge on any atom is 0.378 e. The average molecular weight is 953 g/mol. The van der Waals surface area contributed by atoms with Crippen molar-refractivity contribution in [1.82, 2.24) is 0 Å². The summed E-state index contributed by atoms with van der Waals surface area (Å²) >= 11 is 4.43. The second kappa shape index (κ2) is 24.2. The molecule has 16 nitrogen and oxygen atoms in total. The van der Waals surface area contributed by atoms with Crippen LogP contribution < -0.4 is 18.9 Å². The molecule has 64 heavy (non-hydrogen) atoms. The summed E-state index contributed by atoms with van der Waals surface area (Å²) in [6, 6.07) is 20.4. The van der Waals surface area contributed by atoms with E-state index >= 15 is 0 Å². The highest BCUT2D eigenvalue weighted by atomic mass is 32.2. The number of carbonyl (C=O) groups is 8. The van der Waals surface area contributed by atoms with Gasteiger partial charge in [0.05, 0.1) is 65.6 Å². The van der Waals surface area contributed by atoms with Crippen molar-refractivity contribution < 1.29 is 76.3 Å². The fourth-order valence-corrected chi connectivity index (χ4v) is 9.77. The van der Waals surface area contributed by atoms with Gasteiger partial charge in [-0.3, -0.25) is 19.2 Å². The van der Waals surface area contributed by atoms with Gasteiger partial charge in [-0.1, -0.05) is 71.3 Å². The van der Waals surface area contributed by atoms with Crippen LogP contribution in [-0.2, 0) is 57.3 Å². The van der Waals surface area contributed by atoms with Gasteiger partial charge >= 0.3 is 23.9 Å². The molecule has 0 saturated carbocycles. The molecule has 0 radical (unpaired) electrons. The van der Waals surface area contributed by atoms with Gasteiger partial charge in [-0.15, -0.1) is 0 Å². The highest BCUT2D eigenvalue weighted by Crippen LogP contribution is 2.53. The Bertz CT molecular complexity index is 2020. The zero-order chi connectivity index (χ0) is 46.2. The molecule has 0 aromatic heterocycles. The summed E-state index contributed by atoms with van der Waals surface area (Å²) in [4.78, 5) is 104. The lowest BCUT2D eigenvalue weighted by atomic mass is 10.3. The number of hydrogen-bond donors (Lipinski definition) is 0. The third-order valence-electron chi connectivity index (χ3n) is 8.05. The van der Waals surface area contributed by atoms with Crippen LogP contribution in [0.3, 0.4) is 0 Å². The lowest BCUT2D eigenvalue weighted by Crippen LogP contribution is -2.24. The van der Waals surface area contributed by atoms with Crippen molar-refractivity contribution in [2.75, 3.05) is 52.9 Å². The summed E-state index contributed by atoms with van der Waals surface area (Å²) in [5.41, 5.74) is 0. The fraction of sp³-hybridized carbons (Fsp3) is 0.273. The summed E-state index contributed by atoms with van der Waals surface area (Å²) in [6.07, 6.45) is 0. The quantitative estimate of drug-likeness (QED) is 0.0454. The van der Waals surface area contributed by atoms with Gasteiger partial charge in [0, 0.05) is 0 Å². The minimum Gasteiger partial charge on any atom is -0.483 e. The van der Waals surface area contributed by atoms with Crippen molar-refractivity contribution in [2.24, 2.45) is 0 Å². The lowest BCUT2D eigenvalue weighted by Gasteiger charge is -2.21. The summed E-state index contributed by atoms with van der Waals surface area (Å²) in [7, 11) is 0. The summed E-state index contributed by atoms with van der Waals surface area (Å²) in [5.74, 6) is -7.60. The molecule has 0 aliphatic carbocycles. The standard InChI is InChI=1S/C44H40O16S4/c1-5-53-41(49)25(45)21-57-37-29-13-9-14-30(37)62-32-16-11-18-34(39(32)59-23-27(47)43(51)55-7-3)64-36-20-12-19-35(40(36)60-24-28(48)44(52)56-8-4)63-33-17-10-15-31(61-29)38(33)58-22-26(46)42(50)54-6-2/h9-20H,5-8,21-24H2,1-4H3. The van der Waals surface area contributed by atoms with Gasteiger partial charge in [0.2, 0.25) is 0 Å². The number of fused-ring (bicyclic) bond motifs is 8. The molecule has 0 N–H and O–H groups in total. The zero-order valence-corrected chi connectivity index (χ0v) is 38.0. The van der Waals surface area contributed by atoms with Crippen LogP contribution in [-0.4, -0.2) is 99.9 Å². The molecule has 0 unspecified atom stereocenters. The van der Waals surface area contributed by atoms with Gasteiger partial charge in [0.15, 0.2) is 26.4 Å². The van der Waals surface area contributed by atoms with Crippen LogP contribution >= 0.6 is 47.0 Å². The molecular weight excluding hydrogens is 913 g/mol. The average Bonchev–Trinajstić information content (AvgIpc) is 3.27. The molecule has 0 amide bonds. The monoisotopic (exact) mass is 952 g/mol. The molecule has 20 heteroatoms. The van der Waals surface area contributed by atoms with Gasteiger partial charge < -0.3 is 37.9 Å². The van der Waals surface area contributed by atoms with E-state index in [1.165, 1.54) is 0 Å². The predicted octanol–water partition coefficient (Wildman–Crippen LogP) is 6.65. The second-order valence-electron chi connectivity index (χ2n) is 12.5. The Labute approximate surface area is 384 Å². The van der Waals surface area contributed by atoms with Crippen molar-refractivity contribution in [1.29, 1.82) is 0 Å². The first-order chi connectivity index (χ1) is 30.9. The Hall–Kier alpha value is -5.96. The first kappa shape index (κ1) is 49.1. The number of Topliss-reactive ketones (excluding diaryl/α,β-unsaturated/α-hetero) is 4. The van der Waals surface area contributed by atoms with Gasteiger partial charge in [-0.2, -0.15) is 0 Å². The first-order valence-electron chi connectivity index (χ1n) is 19.4. The van der Waals surface area contributed by atoms with E-state index in [4.69, 9.17) is 37.9 Å². The maximum atomic E-state index is 12.9. The molecule has 0 atom stereocenters. The van der Waals surface area contributed by atoms with E-state index in [2.05, 4.69) is 0 Å². The molecule has 4 aromatic rings. The molecule has 5 rings (SSSR count). The molecule has 1 aliphatic heterocycles. The van der Waals surface area contributed by atoms with Gasteiger partial charge in [0.1, 0.15) is 23.0 Å². The van der Waals surface area contributed by atoms with Crippen LogP contribution in [0.25, 0.3) is 0 Å². The van der Waals surface area contributed by atoms with E-state index in [0.717, 1.165) is 47.0 Å². The molecule has 336 valence electrons. The van der Waals surface area contributed by atoms with Crippen LogP contribution in [0.4, 0.5) is 0 Å². The number of para-hydroxylation sites is 4. The fourth-order valence-electron chi connectivity index (χ4n) is 5.30. The largest absolute Gasteiger partial charge is 0.483 e. The zero-order valence-electron chi connectivity index (χ0n) is 34.8. The van der Waals surface area contributed by atoms with Crippen LogP contribution in [0.1, 0.15) is 27.7 Å². The molecule has 0 saturated heterocycles. The van der Waals surface area contributed by atoms with Gasteiger partial charge in [-0.05, 0) is 76.2 Å². The number of benzene rings is 4. The van der Waals surface area contributed by atoms with E-state index in [-0.39, 0.29) is 49.4 Å². The normalized spacial score (nSPS) is 11.6. The number of rotatable bonds is 20. The Morgan fingerprint density at radius 3 is 0.656 bits per heavy atom. The number of carbonyl (C=O) groups excluding carboxylic acids is 8. The van der Waals surface area contributed by atoms with Gasteiger partial charge in [-0.25, -0.2) is 19.2 Å². The first-order valence-corrected chi connectivity index (χ1v) is 22.7. The van der Waals surface area contributed by atoms with Crippen LogP contribution in [0.15, 0.2) is 112 Å². The highest BCUT2D eigenvalue weighted by molar-refractivity contribution is 8.01. The van der Waals surface area contributed by atoms with Crippen LogP contribution in [0.2, 0.25) is 0 Å². The minimum atomic E-state index is -1.09. The molecule has 1 heterocycles. The Morgan fingerprint density at radius 2 is 0.500 bits per heavy atom. The van der Waals surface area contributed by atoms with E-state index in [0.29, 0.717) is 39.2 Å². The van der Waals surface area contributed by atoms with Gasteiger partial charge in [0.25, 0.3) is 23.1 Å². The number of hydrogen-bond acceptors (Lipinski definition) is 20. The molecule has 0 fully saturated rings. The van der Waals surface area contributed by atoms with E-state index in [1.807, 2.05) is 0 Å². The number of ether oxygens (including phenoxy) is 8. The lowest BCUT2D eigenvalue weighted by molar-refractivity contribution is -0.154. The van der Waals surface area contributed by atoms with Crippen LogP contribution in [0, 0.1) is 0 Å². The Morgan fingerprint density at radius 1 is 0.328 bits per heavy atom. The van der Waals surface area contributed by atoms with E-state index in [1.54, 1.807) is 100 Å². The predicted molar refractivity (Wildman–Crippen MR) is 231 cm³/mol. The molecule has 4 aromatic carbocycles. The summed E-state index contributed by atoms with van der Waals surface area (Å²) < 4.78 is 44.0.